The molecule has 0 saturated carbocycles. The fourth-order valence-corrected chi connectivity index (χ4v) is 4.99. The average molecular weight is 531 g/mol. The lowest BCUT2D eigenvalue weighted by atomic mass is 9.98. The van der Waals surface area contributed by atoms with Gasteiger partial charge in [0, 0.05) is 44.0 Å². The van der Waals surface area contributed by atoms with Gasteiger partial charge in [0.15, 0.2) is 5.82 Å². The van der Waals surface area contributed by atoms with Gasteiger partial charge in [0.05, 0.1) is 27.7 Å². The third kappa shape index (κ3) is 4.97. The zero-order valence-corrected chi connectivity index (χ0v) is 21.4. The molecule has 0 bridgehead atoms. The number of piperazine rings is 1. The van der Waals surface area contributed by atoms with Crippen LogP contribution in [0, 0.1) is 0 Å². The zero-order valence-electron chi connectivity index (χ0n) is 20.6. The Morgan fingerprint density at radius 2 is 1.70 bits per heavy atom. The van der Waals surface area contributed by atoms with E-state index in [2.05, 4.69) is 30.4 Å². The highest BCUT2D eigenvalue weighted by molar-refractivity contribution is 6.33. The van der Waals surface area contributed by atoms with E-state index in [1.165, 1.54) is 0 Å². The van der Waals surface area contributed by atoms with Crippen LogP contribution in [0.5, 0.6) is 0 Å². The third-order valence-electron chi connectivity index (χ3n) is 6.48. The molecule has 1 unspecified atom stereocenters. The Hall–Kier alpha value is -3.31. The number of halogens is 4. The molecule has 0 amide bonds. The molecular formula is C25H26ClF3N8. The summed E-state index contributed by atoms with van der Waals surface area (Å²) in [6, 6.07) is 10.6. The summed E-state index contributed by atoms with van der Waals surface area (Å²) in [5, 5.41) is 13.7. The summed E-state index contributed by atoms with van der Waals surface area (Å²) in [4.78, 5) is 12.8. The van der Waals surface area contributed by atoms with Crippen molar-refractivity contribution in [3.63, 3.8) is 0 Å². The van der Waals surface area contributed by atoms with Crippen LogP contribution < -0.4 is 4.90 Å². The molecule has 12 heteroatoms. The van der Waals surface area contributed by atoms with Crippen LogP contribution in [0.2, 0.25) is 5.02 Å². The highest BCUT2D eigenvalue weighted by Crippen LogP contribution is 2.36. The van der Waals surface area contributed by atoms with Crippen LogP contribution >= 0.6 is 11.6 Å². The van der Waals surface area contributed by atoms with E-state index in [0.717, 1.165) is 28.7 Å². The molecule has 4 aromatic rings. The minimum absolute atomic E-state index is 0.0170. The molecule has 5 rings (SSSR count). The smallest absolute Gasteiger partial charge is 0.353 e. The highest BCUT2D eigenvalue weighted by Gasteiger charge is 2.36. The zero-order chi connectivity index (χ0) is 26.4. The van der Waals surface area contributed by atoms with E-state index < -0.39 is 11.7 Å². The number of alkyl halides is 3. The molecule has 0 aliphatic carbocycles. The van der Waals surface area contributed by atoms with Crippen LogP contribution in [-0.4, -0.2) is 61.3 Å². The quantitative estimate of drug-likeness (QED) is 0.369. The van der Waals surface area contributed by atoms with Crippen molar-refractivity contribution in [3.8, 4) is 0 Å². The SMILES string of the molecule is CC(C)(C)n1nnnc1C(c1ccnc2ccccc12)N1CCN(c2ncc(C(F)(F)F)cc2Cl)CC1. The van der Waals surface area contributed by atoms with Crippen molar-refractivity contribution in [1.29, 1.82) is 0 Å². The number of tetrazole rings is 1. The Morgan fingerprint density at radius 3 is 2.38 bits per heavy atom. The average Bonchev–Trinajstić information content (AvgIpc) is 3.35. The highest BCUT2D eigenvalue weighted by atomic mass is 35.5. The second-order valence-electron chi connectivity index (χ2n) is 9.99. The van der Waals surface area contributed by atoms with Crippen molar-refractivity contribution in [2.24, 2.45) is 0 Å². The summed E-state index contributed by atoms with van der Waals surface area (Å²) in [6.45, 7) is 8.37. The maximum absolute atomic E-state index is 13.1. The van der Waals surface area contributed by atoms with Crippen molar-refractivity contribution in [1.82, 2.24) is 35.1 Å². The van der Waals surface area contributed by atoms with Gasteiger partial charge in [-0.3, -0.25) is 9.88 Å². The lowest BCUT2D eigenvalue weighted by Crippen LogP contribution is -2.49. The third-order valence-corrected chi connectivity index (χ3v) is 6.76. The van der Waals surface area contributed by atoms with Gasteiger partial charge in [0.2, 0.25) is 0 Å². The molecule has 0 radical (unpaired) electrons. The Morgan fingerprint density at radius 1 is 0.973 bits per heavy atom. The number of rotatable bonds is 4. The Kier molecular flexibility index (Phi) is 6.53. The van der Waals surface area contributed by atoms with E-state index >= 15 is 0 Å². The Labute approximate surface area is 217 Å². The number of nitrogens with zero attached hydrogens (tertiary/aromatic N) is 8. The molecule has 4 heterocycles. The molecule has 194 valence electrons. The first-order valence-corrected chi connectivity index (χ1v) is 12.3. The first-order valence-electron chi connectivity index (χ1n) is 11.9. The first kappa shape index (κ1) is 25.3. The van der Waals surface area contributed by atoms with E-state index in [-0.39, 0.29) is 16.6 Å². The predicted molar refractivity (Wildman–Crippen MR) is 134 cm³/mol. The summed E-state index contributed by atoms with van der Waals surface area (Å²) >= 11 is 6.23. The maximum Gasteiger partial charge on any atom is 0.417 e. The van der Waals surface area contributed by atoms with Gasteiger partial charge in [-0.05, 0) is 55.0 Å². The van der Waals surface area contributed by atoms with E-state index in [0.29, 0.717) is 37.8 Å². The molecule has 1 fully saturated rings. The van der Waals surface area contributed by atoms with Crippen LogP contribution in [0.4, 0.5) is 19.0 Å². The predicted octanol–water partition coefficient (Wildman–Crippen LogP) is 4.96. The van der Waals surface area contributed by atoms with Crippen LogP contribution in [0.15, 0.2) is 48.8 Å². The molecule has 37 heavy (non-hydrogen) atoms. The molecule has 1 aromatic carbocycles. The number of para-hydroxylation sites is 1. The van der Waals surface area contributed by atoms with E-state index in [4.69, 9.17) is 11.6 Å². The van der Waals surface area contributed by atoms with E-state index in [9.17, 15) is 13.2 Å². The lowest BCUT2D eigenvalue weighted by Gasteiger charge is -2.40. The molecule has 1 atom stereocenters. The first-order chi connectivity index (χ1) is 17.5. The number of hydrogen-bond donors (Lipinski definition) is 0. The fraction of sp³-hybridized carbons (Fsp3) is 0.400. The minimum Gasteiger partial charge on any atom is -0.353 e. The van der Waals surface area contributed by atoms with Crippen LogP contribution in [-0.2, 0) is 11.7 Å². The van der Waals surface area contributed by atoms with E-state index in [1.807, 2.05) is 60.7 Å². The van der Waals surface area contributed by atoms with Gasteiger partial charge < -0.3 is 4.90 Å². The molecular weight excluding hydrogens is 505 g/mol. The molecule has 3 aromatic heterocycles. The number of benzene rings is 1. The van der Waals surface area contributed by atoms with Crippen molar-refractivity contribution in [2.75, 3.05) is 31.1 Å². The number of fused-ring (bicyclic) bond motifs is 1. The lowest BCUT2D eigenvalue weighted by molar-refractivity contribution is -0.137. The molecule has 8 nitrogen and oxygen atoms in total. The normalized spacial score (nSPS) is 16.4. The Balaban J connectivity index is 1.49. The monoisotopic (exact) mass is 530 g/mol. The summed E-state index contributed by atoms with van der Waals surface area (Å²) in [5.74, 6) is 1.06. The molecule has 0 spiro atoms. The van der Waals surface area contributed by atoms with Crippen molar-refractivity contribution < 1.29 is 13.2 Å². The van der Waals surface area contributed by atoms with Crippen molar-refractivity contribution in [2.45, 2.75) is 38.5 Å². The number of anilines is 1. The van der Waals surface area contributed by atoms with Gasteiger partial charge in [-0.25, -0.2) is 9.67 Å². The van der Waals surface area contributed by atoms with Crippen molar-refractivity contribution >= 4 is 28.3 Å². The Bertz CT molecular complexity index is 1400. The standard InChI is InChI=1S/C25H26ClF3N8/c1-24(2,3)37-23(32-33-34-37)21(18-8-9-30-20-7-5-4-6-17(18)20)35-10-12-36(13-11-35)22-19(26)14-16(15-31-22)25(27,28)29/h4-9,14-15,21H,10-13H2,1-3H3. The fourth-order valence-electron chi connectivity index (χ4n) is 4.71. The summed E-state index contributed by atoms with van der Waals surface area (Å²) in [6.07, 6.45) is -1.87. The summed E-state index contributed by atoms with van der Waals surface area (Å²) < 4.78 is 41.0. The number of hydrogen-bond acceptors (Lipinski definition) is 7. The second kappa shape index (κ2) is 9.53. The van der Waals surface area contributed by atoms with Gasteiger partial charge in [-0.15, -0.1) is 5.10 Å². The van der Waals surface area contributed by atoms with Gasteiger partial charge in [0.1, 0.15) is 5.82 Å². The largest absolute Gasteiger partial charge is 0.417 e. The van der Waals surface area contributed by atoms with Crippen LogP contribution in [0.25, 0.3) is 10.9 Å². The van der Waals surface area contributed by atoms with Gasteiger partial charge >= 0.3 is 6.18 Å². The number of aromatic nitrogens is 6. The van der Waals surface area contributed by atoms with Gasteiger partial charge in [-0.1, -0.05) is 29.8 Å². The van der Waals surface area contributed by atoms with Crippen LogP contribution in [0.3, 0.4) is 0 Å². The molecule has 1 aliphatic rings. The van der Waals surface area contributed by atoms with Gasteiger partial charge in [0.25, 0.3) is 0 Å². The van der Waals surface area contributed by atoms with Crippen LogP contribution in [0.1, 0.15) is 43.8 Å². The van der Waals surface area contributed by atoms with Crippen molar-refractivity contribution in [3.05, 3.63) is 70.8 Å². The maximum atomic E-state index is 13.1. The van der Waals surface area contributed by atoms with E-state index in [1.54, 1.807) is 6.20 Å². The number of pyridine rings is 2. The van der Waals surface area contributed by atoms with Gasteiger partial charge in [-0.2, -0.15) is 13.2 Å². The molecule has 0 N–H and O–H groups in total. The molecule has 1 saturated heterocycles. The minimum atomic E-state index is -4.49. The summed E-state index contributed by atoms with van der Waals surface area (Å²) in [7, 11) is 0. The second-order valence-corrected chi connectivity index (χ2v) is 10.4. The molecule has 1 aliphatic heterocycles. The topological polar surface area (TPSA) is 75.9 Å². The summed E-state index contributed by atoms with van der Waals surface area (Å²) in [5.41, 5.74) is 0.696.